The second-order valence-electron chi connectivity index (χ2n) is 3.91. The smallest absolute Gasteiger partial charge is 0.145 e. The SMILES string of the molecule is Cc1ccc(Nc2cc(O)cc(Br)c2N=O)cc1. The third-order valence-corrected chi connectivity index (χ3v) is 3.07. The number of phenolic OH excluding ortho intramolecular Hbond substituents is 1. The zero-order chi connectivity index (χ0) is 13.1. The third kappa shape index (κ3) is 2.68. The number of aryl methyl sites for hydroxylation is 1. The summed E-state index contributed by atoms with van der Waals surface area (Å²) in [5, 5.41) is 15.5. The van der Waals surface area contributed by atoms with Gasteiger partial charge in [-0.2, -0.15) is 0 Å². The maximum absolute atomic E-state index is 10.8. The molecular weight excluding hydrogens is 296 g/mol. The fourth-order valence-corrected chi connectivity index (χ4v) is 2.09. The zero-order valence-electron chi connectivity index (χ0n) is 9.64. The summed E-state index contributed by atoms with van der Waals surface area (Å²) in [5.41, 5.74) is 2.66. The lowest BCUT2D eigenvalue weighted by atomic mass is 10.2. The van der Waals surface area contributed by atoms with Gasteiger partial charge < -0.3 is 10.4 Å². The highest BCUT2D eigenvalue weighted by Crippen LogP contribution is 2.38. The molecule has 0 atom stereocenters. The van der Waals surface area contributed by atoms with Crippen LogP contribution in [-0.2, 0) is 0 Å². The Balaban J connectivity index is 2.39. The van der Waals surface area contributed by atoms with Crippen LogP contribution in [0.15, 0.2) is 46.0 Å². The molecule has 0 aromatic heterocycles. The van der Waals surface area contributed by atoms with Crippen LogP contribution in [0.25, 0.3) is 0 Å². The first kappa shape index (κ1) is 12.6. The van der Waals surface area contributed by atoms with Crippen LogP contribution in [0, 0.1) is 11.8 Å². The highest BCUT2D eigenvalue weighted by molar-refractivity contribution is 9.10. The topological polar surface area (TPSA) is 61.7 Å². The van der Waals surface area contributed by atoms with E-state index in [0.29, 0.717) is 10.2 Å². The molecule has 0 heterocycles. The molecule has 0 bridgehead atoms. The molecule has 0 aliphatic heterocycles. The zero-order valence-corrected chi connectivity index (χ0v) is 11.2. The number of halogens is 1. The van der Waals surface area contributed by atoms with E-state index >= 15 is 0 Å². The van der Waals surface area contributed by atoms with Crippen molar-refractivity contribution in [3.63, 3.8) is 0 Å². The van der Waals surface area contributed by atoms with Crippen molar-refractivity contribution >= 4 is 33.0 Å². The Kier molecular flexibility index (Phi) is 3.62. The molecule has 0 amide bonds. The Labute approximate surface area is 113 Å². The normalized spacial score (nSPS) is 10.1. The number of benzene rings is 2. The monoisotopic (exact) mass is 306 g/mol. The summed E-state index contributed by atoms with van der Waals surface area (Å²) < 4.78 is 0.451. The maximum atomic E-state index is 10.8. The number of hydrogen-bond acceptors (Lipinski definition) is 4. The average molecular weight is 307 g/mol. The number of aromatic hydroxyl groups is 1. The number of nitrogens with one attached hydrogen (secondary N) is 1. The fourth-order valence-electron chi connectivity index (χ4n) is 1.57. The van der Waals surface area contributed by atoms with Gasteiger partial charge in [-0.1, -0.05) is 17.7 Å². The van der Waals surface area contributed by atoms with Gasteiger partial charge >= 0.3 is 0 Å². The number of anilines is 2. The molecule has 0 spiro atoms. The van der Waals surface area contributed by atoms with E-state index in [1.54, 1.807) is 0 Å². The van der Waals surface area contributed by atoms with Crippen LogP contribution in [0.3, 0.4) is 0 Å². The van der Waals surface area contributed by atoms with Gasteiger partial charge in [0, 0.05) is 11.8 Å². The lowest BCUT2D eigenvalue weighted by molar-refractivity contribution is 0.475. The Hall–Kier alpha value is -1.88. The van der Waals surface area contributed by atoms with Crippen molar-refractivity contribution in [3.8, 4) is 5.75 Å². The van der Waals surface area contributed by atoms with Crippen molar-refractivity contribution in [2.45, 2.75) is 6.92 Å². The standard InChI is InChI=1S/C13H11BrN2O2/c1-8-2-4-9(5-3-8)15-12-7-10(17)6-11(14)13(12)16-18/h2-7,15,17H,1H3. The van der Waals surface area contributed by atoms with Gasteiger partial charge in [-0.25, -0.2) is 0 Å². The molecule has 0 saturated heterocycles. The summed E-state index contributed by atoms with van der Waals surface area (Å²) in [6, 6.07) is 10.6. The van der Waals surface area contributed by atoms with Crippen LogP contribution >= 0.6 is 15.9 Å². The largest absolute Gasteiger partial charge is 0.508 e. The van der Waals surface area contributed by atoms with Crippen LogP contribution in [0.5, 0.6) is 5.75 Å². The first-order valence-corrected chi connectivity index (χ1v) is 6.09. The molecule has 2 aromatic rings. The van der Waals surface area contributed by atoms with Crippen LogP contribution in [0.2, 0.25) is 0 Å². The molecule has 0 saturated carbocycles. The number of hydrogen-bond donors (Lipinski definition) is 2. The van der Waals surface area contributed by atoms with Gasteiger partial charge in [0.2, 0.25) is 0 Å². The van der Waals surface area contributed by atoms with E-state index in [-0.39, 0.29) is 11.4 Å². The van der Waals surface area contributed by atoms with Crippen LogP contribution in [-0.4, -0.2) is 5.11 Å². The molecule has 0 unspecified atom stereocenters. The second kappa shape index (κ2) is 5.18. The molecule has 5 heteroatoms. The summed E-state index contributed by atoms with van der Waals surface area (Å²) in [5.74, 6) is 0.0592. The number of nitroso groups, excluding NO2 is 1. The van der Waals surface area contributed by atoms with E-state index < -0.39 is 0 Å². The van der Waals surface area contributed by atoms with Crippen molar-refractivity contribution < 1.29 is 5.11 Å². The van der Waals surface area contributed by atoms with Crippen molar-refractivity contribution in [1.29, 1.82) is 0 Å². The van der Waals surface area contributed by atoms with Gasteiger partial charge in [-0.15, -0.1) is 4.91 Å². The molecule has 0 radical (unpaired) electrons. The summed E-state index contributed by atoms with van der Waals surface area (Å²) in [6.07, 6.45) is 0. The van der Waals surface area contributed by atoms with Crippen molar-refractivity contribution in [3.05, 3.63) is 51.3 Å². The maximum Gasteiger partial charge on any atom is 0.145 e. The van der Waals surface area contributed by atoms with Crippen LogP contribution in [0.1, 0.15) is 5.56 Å². The van der Waals surface area contributed by atoms with E-state index in [0.717, 1.165) is 11.3 Å². The Morgan fingerprint density at radius 3 is 2.50 bits per heavy atom. The Morgan fingerprint density at radius 1 is 1.22 bits per heavy atom. The van der Waals surface area contributed by atoms with E-state index in [4.69, 9.17) is 0 Å². The summed E-state index contributed by atoms with van der Waals surface area (Å²) >= 11 is 3.19. The highest BCUT2D eigenvalue weighted by atomic mass is 79.9. The second-order valence-corrected chi connectivity index (χ2v) is 4.76. The number of nitrogens with zero attached hydrogens (tertiary/aromatic N) is 1. The van der Waals surface area contributed by atoms with Gasteiger partial charge in [-0.3, -0.25) is 0 Å². The van der Waals surface area contributed by atoms with E-state index in [2.05, 4.69) is 26.4 Å². The van der Waals surface area contributed by atoms with Gasteiger partial charge in [0.25, 0.3) is 0 Å². The van der Waals surface area contributed by atoms with Crippen molar-refractivity contribution in [2.24, 2.45) is 5.18 Å². The molecular formula is C13H11BrN2O2. The first-order chi connectivity index (χ1) is 8.60. The molecule has 2 aromatic carbocycles. The molecule has 2 rings (SSSR count). The van der Waals surface area contributed by atoms with E-state index in [1.165, 1.54) is 12.1 Å². The molecule has 0 aliphatic carbocycles. The van der Waals surface area contributed by atoms with Gasteiger partial charge in [-0.05, 0) is 46.2 Å². The number of rotatable bonds is 3. The third-order valence-electron chi connectivity index (χ3n) is 2.47. The minimum Gasteiger partial charge on any atom is -0.508 e. The summed E-state index contributed by atoms with van der Waals surface area (Å²) in [4.78, 5) is 10.8. The summed E-state index contributed by atoms with van der Waals surface area (Å²) in [6.45, 7) is 1.99. The molecule has 92 valence electrons. The first-order valence-electron chi connectivity index (χ1n) is 5.29. The minimum absolute atomic E-state index is 0.0592. The Bertz CT molecular complexity index is 582. The Morgan fingerprint density at radius 2 is 1.89 bits per heavy atom. The van der Waals surface area contributed by atoms with Crippen LogP contribution in [0.4, 0.5) is 17.1 Å². The van der Waals surface area contributed by atoms with Gasteiger partial charge in [0.1, 0.15) is 11.4 Å². The average Bonchev–Trinajstić information content (AvgIpc) is 2.32. The predicted molar refractivity (Wildman–Crippen MR) is 75.7 cm³/mol. The van der Waals surface area contributed by atoms with Crippen molar-refractivity contribution in [2.75, 3.05) is 5.32 Å². The van der Waals surface area contributed by atoms with Gasteiger partial charge in [0.05, 0.1) is 10.2 Å². The molecule has 0 aliphatic rings. The lowest BCUT2D eigenvalue weighted by Gasteiger charge is -2.10. The lowest BCUT2D eigenvalue weighted by Crippen LogP contribution is -1.91. The van der Waals surface area contributed by atoms with E-state index in [1.807, 2.05) is 31.2 Å². The van der Waals surface area contributed by atoms with E-state index in [9.17, 15) is 10.0 Å². The van der Waals surface area contributed by atoms with Gasteiger partial charge in [0.15, 0.2) is 0 Å². The predicted octanol–water partition coefficient (Wildman–Crippen LogP) is 4.60. The molecule has 2 N–H and O–H groups in total. The van der Waals surface area contributed by atoms with Crippen LogP contribution < -0.4 is 5.32 Å². The van der Waals surface area contributed by atoms with Crippen molar-refractivity contribution in [1.82, 2.24) is 0 Å². The molecule has 18 heavy (non-hydrogen) atoms. The minimum atomic E-state index is 0.0592. The summed E-state index contributed by atoms with van der Waals surface area (Å²) in [7, 11) is 0. The highest BCUT2D eigenvalue weighted by Gasteiger charge is 2.10. The molecule has 0 fully saturated rings. The molecule has 4 nitrogen and oxygen atoms in total. The number of phenols is 1. The quantitative estimate of drug-likeness (QED) is 0.814. The fraction of sp³-hybridized carbons (Fsp3) is 0.0769.